The molecule has 2 N–H and O–H groups in total. The van der Waals surface area contributed by atoms with Crippen molar-refractivity contribution in [1.29, 1.82) is 0 Å². The number of hydrogen-bond acceptors (Lipinski definition) is 3. The Morgan fingerprint density at radius 3 is 2.69 bits per heavy atom. The number of amides is 1. The molecule has 1 aliphatic heterocycles. The molecule has 1 fully saturated rings. The molecule has 4 rings (SSSR count). The standard InChI is InChI=1S/C20H20FN3O2/c1-26-15-6-4-13-10-18(23-17(13)12-15)20(25)22-14-5-7-19(16(21)11-14)24-8-2-3-9-24/h4-7,10-12,23H,2-3,8-9H2,1H3,(H,22,25). The molecule has 0 spiro atoms. The van der Waals surface area contributed by atoms with Gasteiger partial charge in [0, 0.05) is 35.7 Å². The summed E-state index contributed by atoms with van der Waals surface area (Å²) in [5.74, 6) is 0.0884. The van der Waals surface area contributed by atoms with Crippen LogP contribution in [0.5, 0.6) is 5.75 Å². The van der Waals surface area contributed by atoms with Crippen molar-refractivity contribution in [3.63, 3.8) is 0 Å². The first kappa shape index (κ1) is 16.4. The van der Waals surface area contributed by atoms with E-state index in [2.05, 4.69) is 10.3 Å². The predicted octanol–water partition coefficient (Wildman–Crippen LogP) is 4.17. The summed E-state index contributed by atoms with van der Waals surface area (Å²) in [6.45, 7) is 1.75. The summed E-state index contributed by atoms with van der Waals surface area (Å²) in [7, 11) is 1.60. The summed E-state index contributed by atoms with van der Waals surface area (Å²) in [6.07, 6.45) is 2.17. The Hall–Kier alpha value is -3.02. The monoisotopic (exact) mass is 353 g/mol. The van der Waals surface area contributed by atoms with Crippen molar-refractivity contribution < 1.29 is 13.9 Å². The predicted molar refractivity (Wildman–Crippen MR) is 101 cm³/mol. The molecular formula is C20H20FN3O2. The van der Waals surface area contributed by atoms with Crippen LogP contribution >= 0.6 is 0 Å². The van der Waals surface area contributed by atoms with Crippen molar-refractivity contribution in [2.24, 2.45) is 0 Å². The van der Waals surface area contributed by atoms with E-state index in [4.69, 9.17) is 4.74 Å². The first-order valence-corrected chi connectivity index (χ1v) is 8.66. The number of aromatic amines is 1. The molecule has 134 valence electrons. The van der Waals surface area contributed by atoms with Gasteiger partial charge in [-0.1, -0.05) is 0 Å². The van der Waals surface area contributed by atoms with E-state index in [-0.39, 0.29) is 11.7 Å². The molecule has 1 saturated heterocycles. The molecule has 0 unspecified atom stereocenters. The van der Waals surface area contributed by atoms with Gasteiger partial charge in [0.1, 0.15) is 17.3 Å². The Bertz CT molecular complexity index is 961. The van der Waals surface area contributed by atoms with Crippen LogP contribution in [-0.4, -0.2) is 31.1 Å². The average molecular weight is 353 g/mol. The zero-order chi connectivity index (χ0) is 18.1. The lowest BCUT2D eigenvalue weighted by atomic mass is 10.2. The van der Waals surface area contributed by atoms with E-state index in [0.717, 1.165) is 36.8 Å². The number of benzene rings is 2. The van der Waals surface area contributed by atoms with Crippen LogP contribution in [0.25, 0.3) is 10.9 Å². The summed E-state index contributed by atoms with van der Waals surface area (Å²) in [5, 5.41) is 3.66. The van der Waals surface area contributed by atoms with Gasteiger partial charge in [0.25, 0.3) is 5.91 Å². The number of nitrogens with zero attached hydrogens (tertiary/aromatic N) is 1. The van der Waals surface area contributed by atoms with E-state index in [9.17, 15) is 9.18 Å². The second-order valence-electron chi connectivity index (χ2n) is 6.45. The van der Waals surface area contributed by atoms with Crippen LogP contribution in [0.4, 0.5) is 15.8 Å². The van der Waals surface area contributed by atoms with Crippen molar-refractivity contribution in [3.05, 3.63) is 54.0 Å². The van der Waals surface area contributed by atoms with E-state index in [0.29, 0.717) is 22.8 Å². The highest BCUT2D eigenvalue weighted by Crippen LogP contribution is 2.27. The molecule has 0 atom stereocenters. The quantitative estimate of drug-likeness (QED) is 0.740. The molecule has 2 heterocycles. The van der Waals surface area contributed by atoms with Gasteiger partial charge in [-0.25, -0.2) is 4.39 Å². The lowest BCUT2D eigenvalue weighted by Crippen LogP contribution is -2.19. The van der Waals surface area contributed by atoms with Gasteiger partial charge in [0.2, 0.25) is 0 Å². The second-order valence-corrected chi connectivity index (χ2v) is 6.45. The van der Waals surface area contributed by atoms with Crippen LogP contribution in [0.15, 0.2) is 42.5 Å². The minimum atomic E-state index is -0.314. The van der Waals surface area contributed by atoms with Crippen LogP contribution in [0.1, 0.15) is 23.3 Å². The average Bonchev–Trinajstić information content (AvgIpc) is 3.30. The first-order valence-electron chi connectivity index (χ1n) is 8.66. The molecule has 1 amide bonds. The number of H-pyrrole nitrogens is 1. The van der Waals surface area contributed by atoms with Gasteiger partial charge in [-0.3, -0.25) is 4.79 Å². The Morgan fingerprint density at radius 2 is 1.96 bits per heavy atom. The Labute approximate surface area is 150 Å². The van der Waals surface area contributed by atoms with E-state index in [1.807, 2.05) is 23.1 Å². The zero-order valence-corrected chi connectivity index (χ0v) is 14.5. The molecule has 2 aromatic carbocycles. The molecule has 0 radical (unpaired) electrons. The Morgan fingerprint density at radius 1 is 1.15 bits per heavy atom. The van der Waals surface area contributed by atoms with Gasteiger partial charge in [-0.2, -0.15) is 0 Å². The van der Waals surface area contributed by atoms with Crippen molar-refractivity contribution >= 4 is 28.2 Å². The van der Waals surface area contributed by atoms with Crippen LogP contribution in [-0.2, 0) is 0 Å². The SMILES string of the molecule is COc1ccc2cc(C(=O)Nc3ccc(N4CCCC4)c(F)c3)[nH]c2c1. The summed E-state index contributed by atoms with van der Waals surface area (Å²) >= 11 is 0. The van der Waals surface area contributed by atoms with E-state index in [1.165, 1.54) is 6.07 Å². The number of carbonyl (C=O) groups excluding carboxylic acids is 1. The fourth-order valence-electron chi connectivity index (χ4n) is 3.35. The number of carbonyl (C=O) groups is 1. The van der Waals surface area contributed by atoms with Gasteiger partial charge in [0.15, 0.2) is 0 Å². The lowest BCUT2D eigenvalue weighted by molar-refractivity contribution is 0.102. The molecule has 0 saturated carbocycles. The number of methoxy groups -OCH3 is 1. The van der Waals surface area contributed by atoms with Gasteiger partial charge < -0.3 is 19.9 Å². The van der Waals surface area contributed by atoms with Gasteiger partial charge in [-0.05, 0) is 49.2 Å². The highest BCUT2D eigenvalue weighted by Gasteiger charge is 2.17. The van der Waals surface area contributed by atoms with Crippen LogP contribution in [0.2, 0.25) is 0 Å². The number of rotatable bonds is 4. The zero-order valence-electron chi connectivity index (χ0n) is 14.5. The smallest absolute Gasteiger partial charge is 0.272 e. The number of halogens is 1. The minimum absolute atomic E-state index is 0.312. The van der Waals surface area contributed by atoms with Crippen molar-refractivity contribution in [1.82, 2.24) is 4.98 Å². The number of anilines is 2. The maximum Gasteiger partial charge on any atom is 0.272 e. The summed E-state index contributed by atoms with van der Waals surface area (Å²) in [6, 6.07) is 12.1. The van der Waals surface area contributed by atoms with E-state index < -0.39 is 0 Å². The molecule has 5 nitrogen and oxygen atoms in total. The number of nitrogens with one attached hydrogen (secondary N) is 2. The Balaban J connectivity index is 1.53. The molecule has 26 heavy (non-hydrogen) atoms. The maximum atomic E-state index is 14.4. The van der Waals surface area contributed by atoms with Gasteiger partial charge in [-0.15, -0.1) is 0 Å². The van der Waals surface area contributed by atoms with E-state index in [1.54, 1.807) is 25.3 Å². The minimum Gasteiger partial charge on any atom is -0.497 e. The summed E-state index contributed by atoms with van der Waals surface area (Å²) in [4.78, 5) is 17.6. The molecule has 3 aromatic rings. The molecular weight excluding hydrogens is 333 g/mol. The molecule has 0 bridgehead atoms. The van der Waals surface area contributed by atoms with Gasteiger partial charge in [0.05, 0.1) is 12.8 Å². The normalized spacial score (nSPS) is 14.0. The molecule has 0 aliphatic carbocycles. The molecule has 1 aromatic heterocycles. The largest absolute Gasteiger partial charge is 0.497 e. The number of aromatic nitrogens is 1. The third-order valence-corrected chi connectivity index (χ3v) is 4.73. The fourth-order valence-corrected chi connectivity index (χ4v) is 3.35. The van der Waals surface area contributed by atoms with Crippen LogP contribution in [0, 0.1) is 5.82 Å². The third kappa shape index (κ3) is 3.10. The number of ether oxygens (including phenoxy) is 1. The summed E-state index contributed by atoms with van der Waals surface area (Å²) in [5.41, 5.74) is 2.26. The third-order valence-electron chi connectivity index (χ3n) is 4.73. The molecule has 6 heteroatoms. The van der Waals surface area contributed by atoms with Crippen LogP contribution < -0.4 is 15.0 Å². The second kappa shape index (κ2) is 6.71. The topological polar surface area (TPSA) is 57.4 Å². The summed E-state index contributed by atoms with van der Waals surface area (Å²) < 4.78 is 19.6. The highest BCUT2D eigenvalue weighted by molar-refractivity contribution is 6.06. The van der Waals surface area contributed by atoms with Crippen molar-refractivity contribution in [3.8, 4) is 5.75 Å². The van der Waals surface area contributed by atoms with Gasteiger partial charge >= 0.3 is 0 Å². The number of hydrogen-bond donors (Lipinski definition) is 2. The fraction of sp³-hybridized carbons (Fsp3) is 0.250. The highest BCUT2D eigenvalue weighted by atomic mass is 19.1. The maximum absolute atomic E-state index is 14.4. The van der Waals surface area contributed by atoms with E-state index >= 15 is 0 Å². The lowest BCUT2D eigenvalue weighted by Gasteiger charge is -2.18. The Kier molecular flexibility index (Phi) is 4.24. The molecule has 1 aliphatic rings. The number of fused-ring (bicyclic) bond motifs is 1. The van der Waals surface area contributed by atoms with Crippen molar-refractivity contribution in [2.45, 2.75) is 12.8 Å². The first-order chi connectivity index (χ1) is 12.6. The van der Waals surface area contributed by atoms with Crippen LogP contribution in [0.3, 0.4) is 0 Å². The van der Waals surface area contributed by atoms with Crippen molar-refractivity contribution in [2.75, 3.05) is 30.4 Å².